The van der Waals surface area contributed by atoms with Crippen LogP contribution in [-0.2, 0) is 16.1 Å². The minimum atomic E-state index is -0.742. The van der Waals surface area contributed by atoms with Crippen LogP contribution in [0.2, 0.25) is 0 Å². The van der Waals surface area contributed by atoms with Crippen LogP contribution in [0, 0.1) is 0 Å². The second-order valence-corrected chi connectivity index (χ2v) is 5.28. The monoisotopic (exact) mass is 320 g/mol. The molecule has 5 nitrogen and oxygen atoms in total. The maximum atomic E-state index is 12.0. The fraction of sp³-hybridized carbons (Fsp3) is 0.105. The van der Waals surface area contributed by atoms with Crippen LogP contribution < -0.4 is 5.32 Å². The molecule has 0 aliphatic heterocycles. The van der Waals surface area contributed by atoms with Gasteiger partial charge >= 0.3 is 6.09 Å². The van der Waals surface area contributed by atoms with Gasteiger partial charge in [0.15, 0.2) is 5.78 Å². The molecule has 0 fully saturated rings. The number of hydrogen-bond donors (Lipinski definition) is 1. The number of aromatic nitrogens is 1. The maximum Gasteiger partial charge on any atom is 0.408 e. The van der Waals surface area contributed by atoms with Gasteiger partial charge in [0, 0.05) is 12.4 Å². The number of hydrogen-bond acceptors (Lipinski definition) is 4. The van der Waals surface area contributed by atoms with E-state index >= 15 is 0 Å². The molecular weight excluding hydrogens is 304 g/mol. The molecule has 1 aliphatic rings. The zero-order valence-corrected chi connectivity index (χ0v) is 12.9. The van der Waals surface area contributed by atoms with Gasteiger partial charge in [-0.25, -0.2) is 4.79 Å². The second-order valence-electron chi connectivity index (χ2n) is 5.28. The Kier molecular flexibility index (Phi) is 4.81. The van der Waals surface area contributed by atoms with E-state index in [1.807, 2.05) is 42.5 Å². The Morgan fingerprint density at radius 3 is 2.71 bits per heavy atom. The molecule has 0 bridgehead atoms. The van der Waals surface area contributed by atoms with Crippen molar-refractivity contribution in [2.24, 2.45) is 0 Å². The van der Waals surface area contributed by atoms with Gasteiger partial charge in [-0.05, 0) is 34.9 Å². The molecule has 1 heterocycles. The van der Waals surface area contributed by atoms with Crippen LogP contribution in [0.1, 0.15) is 11.1 Å². The lowest BCUT2D eigenvalue weighted by Crippen LogP contribution is -2.40. The Bertz CT molecular complexity index is 783. The quantitative estimate of drug-likeness (QED) is 0.940. The molecule has 2 aromatic rings. The van der Waals surface area contributed by atoms with E-state index in [9.17, 15) is 9.59 Å². The number of ketones is 1. The summed E-state index contributed by atoms with van der Waals surface area (Å²) in [5.74, 6) is -0.195. The summed E-state index contributed by atoms with van der Waals surface area (Å²) in [6.07, 6.45) is 7.62. The summed E-state index contributed by atoms with van der Waals surface area (Å²) in [5, 5.41) is 2.58. The fourth-order valence-electron chi connectivity index (χ4n) is 2.32. The van der Waals surface area contributed by atoms with E-state index in [1.165, 1.54) is 6.08 Å². The van der Waals surface area contributed by atoms with Crippen LogP contribution in [-0.4, -0.2) is 22.9 Å². The molecule has 1 amide bonds. The number of amides is 1. The average molecular weight is 320 g/mol. The standard InChI is InChI=1S/C19H16N2O3/c22-18-9-8-15(16-7-4-10-20-12-16)11-17(18)21-19(23)24-13-14-5-2-1-3-6-14/h1-12,17H,13H2,(H,21,23). The predicted octanol–water partition coefficient (Wildman–Crippen LogP) is 2.90. The lowest BCUT2D eigenvalue weighted by Gasteiger charge is -2.17. The predicted molar refractivity (Wildman–Crippen MR) is 89.9 cm³/mol. The molecule has 0 radical (unpaired) electrons. The van der Waals surface area contributed by atoms with Gasteiger partial charge in [-0.1, -0.05) is 42.5 Å². The van der Waals surface area contributed by atoms with E-state index in [4.69, 9.17) is 4.74 Å². The first-order chi connectivity index (χ1) is 11.7. The number of carbonyl (C=O) groups is 2. The van der Waals surface area contributed by atoms with Crippen LogP contribution in [0.4, 0.5) is 4.79 Å². The molecular formula is C19H16N2O3. The van der Waals surface area contributed by atoms with E-state index < -0.39 is 12.1 Å². The third-order valence-corrected chi connectivity index (χ3v) is 3.56. The van der Waals surface area contributed by atoms with Gasteiger partial charge in [-0.3, -0.25) is 9.78 Å². The summed E-state index contributed by atoms with van der Waals surface area (Å²) in [7, 11) is 0. The van der Waals surface area contributed by atoms with Crippen molar-refractivity contribution in [1.82, 2.24) is 10.3 Å². The summed E-state index contributed by atoms with van der Waals surface area (Å²) in [4.78, 5) is 27.9. The number of allylic oxidation sites excluding steroid dienone is 2. The van der Waals surface area contributed by atoms with Gasteiger partial charge in [0.1, 0.15) is 12.6 Å². The van der Waals surface area contributed by atoms with Gasteiger partial charge in [-0.2, -0.15) is 0 Å². The van der Waals surface area contributed by atoms with Crippen molar-refractivity contribution >= 4 is 17.4 Å². The van der Waals surface area contributed by atoms with E-state index in [-0.39, 0.29) is 12.4 Å². The normalized spacial score (nSPS) is 16.4. The molecule has 1 N–H and O–H groups in total. The molecule has 3 rings (SSSR count). The molecule has 5 heteroatoms. The molecule has 120 valence electrons. The summed E-state index contributed by atoms with van der Waals surface area (Å²) < 4.78 is 5.15. The van der Waals surface area contributed by atoms with Crippen LogP contribution in [0.3, 0.4) is 0 Å². The van der Waals surface area contributed by atoms with E-state index in [0.29, 0.717) is 0 Å². The topological polar surface area (TPSA) is 68.3 Å². The smallest absolute Gasteiger partial charge is 0.408 e. The summed E-state index contributed by atoms with van der Waals surface area (Å²) in [6, 6.07) is 12.3. The Labute approximate surface area is 139 Å². The third kappa shape index (κ3) is 3.95. The van der Waals surface area contributed by atoms with Gasteiger partial charge in [0.2, 0.25) is 0 Å². The van der Waals surface area contributed by atoms with Crippen molar-refractivity contribution < 1.29 is 14.3 Å². The van der Waals surface area contributed by atoms with Crippen molar-refractivity contribution in [1.29, 1.82) is 0 Å². The van der Waals surface area contributed by atoms with Crippen LogP contribution in [0.5, 0.6) is 0 Å². The summed E-state index contributed by atoms with van der Waals surface area (Å²) in [5.41, 5.74) is 2.59. The zero-order valence-electron chi connectivity index (χ0n) is 12.9. The second kappa shape index (κ2) is 7.37. The lowest BCUT2D eigenvalue weighted by atomic mass is 9.97. The van der Waals surface area contributed by atoms with Gasteiger partial charge in [0.05, 0.1) is 0 Å². The van der Waals surface area contributed by atoms with E-state index in [2.05, 4.69) is 10.3 Å². The van der Waals surface area contributed by atoms with Crippen molar-refractivity contribution in [3.05, 3.63) is 84.2 Å². The highest BCUT2D eigenvalue weighted by Gasteiger charge is 2.21. The first-order valence-electron chi connectivity index (χ1n) is 7.54. The number of ether oxygens (including phenoxy) is 1. The lowest BCUT2D eigenvalue weighted by molar-refractivity contribution is -0.115. The zero-order chi connectivity index (χ0) is 16.8. The number of alkyl carbamates (subject to hydrolysis) is 1. The fourth-order valence-corrected chi connectivity index (χ4v) is 2.32. The van der Waals surface area contributed by atoms with Gasteiger partial charge in [0.25, 0.3) is 0 Å². The maximum absolute atomic E-state index is 12.0. The van der Waals surface area contributed by atoms with Crippen molar-refractivity contribution in [3.8, 4) is 0 Å². The SMILES string of the molecule is O=C(NC1C=C(c2cccnc2)C=CC1=O)OCc1ccccc1. The number of carbonyl (C=O) groups excluding carboxylic acids is 2. The molecule has 1 aliphatic carbocycles. The Morgan fingerprint density at radius 2 is 1.96 bits per heavy atom. The third-order valence-electron chi connectivity index (χ3n) is 3.56. The number of nitrogens with one attached hydrogen (secondary N) is 1. The number of nitrogens with zero attached hydrogens (tertiary/aromatic N) is 1. The largest absolute Gasteiger partial charge is 0.445 e. The van der Waals surface area contributed by atoms with E-state index in [0.717, 1.165) is 16.7 Å². The van der Waals surface area contributed by atoms with Crippen molar-refractivity contribution in [2.45, 2.75) is 12.6 Å². The van der Waals surface area contributed by atoms with E-state index in [1.54, 1.807) is 24.5 Å². The van der Waals surface area contributed by atoms with Crippen molar-refractivity contribution in [3.63, 3.8) is 0 Å². The minimum absolute atomic E-state index is 0.155. The number of rotatable bonds is 4. The Balaban J connectivity index is 1.63. The first-order valence-corrected chi connectivity index (χ1v) is 7.54. The van der Waals surface area contributed by atoms with Crippen LogP contribution >= 0.6 is 0 Å². The Hall–Kier alpha value is -3.21. The molecule has 24 heavy (non-hydrogen) atoms. The van der Waals surface area contributed by atoms with Crippen molar-refractivity contribution in [2.75, 3.05) is 0 Å². The molecule has 0 saturated heterocycles. The first kappa shape index (κ1) is 15.7. The van der Waals surface area contributed by atoms with Gasteiger partial charge in [-0.15, -0.1) is 0 Å². The molecule has 0 spiro atoms. The average Bonchev–Trinajstić information content (AvgIpc) is 2.63. The number of benzene rings is 1. The number of pyridine rings is 1. The van der Waals surface area contributed by atoms with Crippen LogP contribution in [0.25, 0.3) is 5.57 Å². The van der Waals surface area contributed by atoms with Crippen LogP contribution in [0.15, 0.2) is 73.1 Å². The molecule has 1 unspecified atom stereocenters. The highest BCUT2D eigenvalue weighted by Crippen LogP contribution is 2.19. The highest BCUT2D eigenvalue weighted by molar-refractivity contribution is 6.03. The molecule has 1 aromatic heterocycles. The summed E-state index contributed by atoms with van der Waals surface area (Å²) in [6.45, 7) is 0.155. The van der Waals surface area contributed by atoms with Gasteiger partial charge < -0.3 is 10.1 Å². The Morgan fingerprint density at radius 1 is 1.12 bits per heavy atom. The molecule has 1 aromatic carbocycles. The summed E-state index contributed by atoms with van der Waals surface area (Å²) >= 11 is 0. The minimum Gasteiger partial charge on any atom is -0.445 e. The molecule has 1 atom stereocenters. The molecule has 0 saturated carbocycles. The highest BCUT2D eigenvalue weighted by atomic mass is 16.5.